The van der Waals surface area contributed by atoms with E-state index in [1.807, 2.05) is 18.2 Å². The molecule has 0 aliphatic rings. The van der Waals surface area contributed by atoms with E-state index in [0.717, 1.165) is 6.42 Å². The molecule has 0 saturated carbocycles. The summed E-state index contributed by atoms with van der Waals surface area (Å²) in [7, 11) is 0. The maximum absolute atomic E-state index is 10.1. The lowest BCUT2D eigenvalue weighted by atomic mass is 10.2. The Morgan fingerprint density at radius 3 is 2.91 bits per heavy atom. The zero-order valence-corrected chi connectivity index (χ0v) is 6.54. The molecule has 0 N–H and O–H groups in total. The van der Waals surface area contributed by atoms with Gasteiger partial charge in [0.25, 0.3) is 0 Å². The monoisotopic (exact) mass is 151 g/mol. The fraction of sp³-hybridized carbons (Fsp3) is 0.333. The van der Waals surface area contributed by atoms with E-state index in [1.165, 1.54) is 5.56 Å². The van der Waals surface area contributed by atoms with Crippen LogP contribution in [0.3, 0.4) is 0 Å². The molecule has 59 valence electrons. The van der Waals surface area contributed by atoms with Crippen molar-refractivity contribution >= 4 is 0 Å². The van der Waals surface area contributed by atoms with E-state index >= 15 is 0 Å². The molecule has 0 aliphatic carbocycles. The Labute approximate surface area is 66.4 Å². The fourth-order valence-electron chi connectivity index (χ4n) is 0.923. The predicted molar refractivity (Wildman–Crippen MR) is 42.0 cm³/mol. The fourth-order valence-corrected chi connectivity index (χ4v) is 0.923. The first-order chi connectivity index (χ1) is 5.36. The predicted octanol–water partition coefficient (Wildman–Crippen LogP) is 2.02. The summed E-state index contributed by atoms with van der Waals surface area (Å²) in [5, 5.41) is 10.1. The Balaban J connectivity index is 2.74. The van der Waals surface area contributed by atoms with Crippen molar-refractivity contribution in [1.82, 2.24) is 0 Å². The van der Waals surface area contributed by atoms with Crippen LogP contribution in [0, 0.1) is 0 Å². The maximum Gasteiger partial charge on any atom is 0.221 e. The molecule has 0 aromatic heterocycles. The minimum atomic E-state index is -0.507. The van der Waals surface area contributed by atoms with Crippen LogP contribution in [0.5, 0.6) is 5.75 Å². The third kappa shape index (κ3) is 2.24. The van der Waals surface area contributed by atoms with E-state index in [0.29, 0.717) is 5.75 Å². The molecule has 11 heavy (non-hydrogen) atoms. The molecule has 1 aromatic carbocycles. The Kier molecular flexibility index (Phi) is 2.93. The molecule has 0 fully saturated rings. The van der Waals surface area contributed by atoms with Crippen LogP contribution in [-0.4, -0.2) is 6.79 Å². The van der Waals surface area contributed by atoms with Crippen molar-refractivity contribution in [3.63, 3.8) is 0 Å². The summed E-state index contributed by atoms with van der Waals surface area (Å²) in [6.07, 6.45) is 0.968. The summed E-state index contributed by atoms with van der Waals surface area (Å²) in [4.78, 5) is 0. The van der Waals surface area contributed by atoms with Crippen LogP contribution >= 0.6 is 0 Å². The number of aryl methyl sites for hydroxylation is 1. The van der Waals surface area contributed by atoms with Gasteiger partial charge < -0.3 is 4.74 Å². The number of hydrogen-bond acceptors (Lipinski definition) is 1. The second-order valence-corrected chi connectivity index (χ2v) is 2.26. The molecule has 1 radical (unpaired) electrons. The molecule has 1 aromatic rings. The lowest BCUT2D eigenvalue weighted by Gasteiger charge is -2.01. The molecule has 0 bridgehead atoms. The molecular weight excluding hydrogens is 140 g/mol. The molecule has 0 saturated heterocycles. The quantitative estimate of drug-likeness (QED) is 0.607. The first-order valence-electron chi connectivity index (χ1n) is 3.66. The molecule has 0 atom stereocenters. The highest BCUT2D eigenvalue weighted by Gasteiger charge is 1.92. The number of hydrogen-bond donors (Lipinski definition) is 0. The van der Waals surface area contributed by atoms with Gasteiger partial charge in [0, 0.05) is 0 Å². The molecule has 0 heterocycles. The van der Waals surface area contributed by atoms with Crippen molar-refractivity contribution in [2.75, 3.05) is 6.79 Å². The second-order valence-electron chi connectivity index (χ2n) is 2.26. The van der Waals surface area contributed by atoms with Crippen molar-refractivity contribution in [2.24, 2.45) is 0 Å². The van der Waals surface area contributed by atoms with Gasteiger partial charge in [-0.1, -0.05) is 19.1 Å². The van der Waals surface area contributed by atoms with Gasteiger partial charge in [-0.15, -0.1) is 0 Å². The van der Waals surface area contributed by atoms with Gasteiger partial charge in [-0.3, -0.25) is 0 Å². The smallest absolute Gasteiger partial charge is 0.221 e. The summed E-state index contributed by atoms with van der Waals surface area (Å²) in [6, 6.07) is 7.58. The van der Waals surface area contributed by atoms with Gasteiger partial charge >= 0.3 is 0 Å². The third-order valence-electron chi connectivity index (χ3n) is 1.53. The number of benzene rings is 1. The van der Waals surface area contributed by atoms with Gasteiger partial charge in [0.2, 0.25) is 6.79 Å². The lowest BCUT2D eigenvalue weighted by Crippen LogP contribution is -1.93. The van der Waals surface area contributed by atoms with Crippen molar-refractivity contribution in [3.8, 4) is 5.75 Å². The van der Waals surface area contributed by atoms with Crippen LogP contribution in [0.2, 0.25) is 0 Å². The van der Waals surface area contributed by atoms with Crippen LogP contribution < -0.4 is 4.74 Å². The highest BCUT2D eigenvalue weighted by molar-refractivity contribution is 5.28. The van der Waals surface area contributed by atoms with Gasteiger partial charge in [0.05, 0.1) is 0 Å². The molecular formula is C9H11O2. The van der Waals surface area contributed by atoms with Gasteiger partial charge in [-0.25, -0.2) is 0 Å². The van der Waals surface area contributed by atoms with Crippen molar-refractivity contribution in [1.29, 1.82) is 0 Å². The van der Waals surface area contributed by atoms with Crippen LogP contribution in [0.25, 0.3) is 0 Å². The second kappa shape index (κ2) is 3.98. The van der Waals surface area contributed by atoms with Crippen LogP contribution in [-0.2, 0) is 11.5 Å². The topological polar surface area (TPSA) is 29.1 Å². The minimum Gasteiger partial charge on any atom is -0.465 e. The number of ether oxygens (including phenoxy) is 1. The van der Waals surface area contributed by atoms with Gasteiger partial charge in [0.15, 0.2) is 0 Å². The summed E-state index contributed by atoms with van der Waals surface area (Å²) in [5.41, 5.74) is 1.19. The normalized spacial score (nSPS) is 9.64. The zero-order chi connectivity index (χ0) is 8.10. The van der Waals surface area contributed by atoms with Crippen LogP contribution in [0.1, 0.15) is 12.5 Å². The Morgan fingerprint density at radius 2 is 2.27 bits per heavy atom. The highest BCUT2D eigenvalue weighted by Crippen LogP contribution is 2.12. The highest BCUT2D eigenvalue weighted by atomic mass is 16.6. The van der Waals surface area contributed by atoms with E-state index in [1.54, 1.807) is 6.07 Å². The largest absolute Gasteiger partial charge is 0.465 e. The Hall–Kier alpha value is -1.02. The summed E-state index contributed by atoms with van der Waals surface area (Å²) >= 11 is 0. The standard InChI is InChI=1S/C9H11O2/c1-2-8-4-3-5-9(6-8)11-7-10/h3-6H,2,7H2,1H3. The molecule has 0 aliphatic heterocycles. The Morgan fingerprint density at radius 1 is 1.45 bits per heavy atom. The maximum atomic E-state index is 10.1. The van der Waals surface area contributed by atoms with E-state index in [4.69, 9.17) is 4.74 Å². The van der Waals surface area contributed by atoms with E-state index < -0.39 is 6.79 Å². The van der Waals surface area contributed by atoms with Crippen LogP contribution in [0.4, 0.5) is 0 Å². The van der Waals surface area contributed by atoms with Crippen molar-refractivity contribution in [3.05, 3.63) is 29.8 Å². The summed E-state index contributed by atoms with van der Waals surface area (Å²) in [6.45, 7) is 1.56. The van der Waals surface area contributed by atoms with E-state index in [9.17, 15) is 5.11 Å². The first-order valence-corrected chi connectivity index (χ1v) is 3.66. The van der Waals surface area contributed by atoms with Crippen LogP contribution in [0.15, 0.2) is 24.3 Å². The minimum absolute atomic E-state index is 0.507. The number of rotatable bonds is 3. The molecule has 1 rings (SSSR count). The van der Waals surface area contributed by atoms with Crippen molar-refractivity contribution < 1.29 is 9.84 Å². The Bertz CT molecular complexity index is 221. The SMILES string of the molecule is CCc1cccc(OC[O])c1. The van der Waals surface area contributed by atoms with Gasteiger partial charge in [-0.05, 0) is 24.1 Å². The molecule has 2 nitrogen and oxygen atoms in total. The summed E-state index contributed by atoms with van der Waals surface area (Å²) in [5.74, 6) is 0.666. The summed E-state index contributed by atoms with van der Waals surface area (Å²) < 4.78 is 4.79. The van der Waals surface area contributed by atoms with Gasteiger partial charge in [-0.2, -0.15) is 5.11 Å². The lowest BCUT2D eigenvalue weighted by molar-refractivity contribution is 0.0376. The van der Waals surface area contributed by atoms with Gasteiger partial charge in [0.1, 0.15) is 5.75 Å². The first kappa shape index (κ1) is 8.08. The molecule has 0 spiro atoms. The zero-order valence-electron chi connectivity index (χ0n) is 6.54. The average molecular weight is 151 g/mol. The molecule has 0 unspecified atom stereocenters. The molecule has 2 heteroatoms. The molecule has 0 amide bonds. The third-order valence-corrected chi connectivity index (χ3v) is 1.53. The average Bonchev–Trinajstić information content (AvgIpc) is 2.06. The van der Waals surface area contributed by atoms with E-state index in [-0.39, 0.29) is 0 Å². The van der Waals surface area contributed by atoms with Crippen molar-refractivity contribution in [2.45, 2.75) is 13.3 Å². The van der Waals surface area contributed by atoms with E-state index in [2.05, 4.69) is 6.92 Å².